The van der Waals surface area contributed by atoms with Crippen molar-refractivity contribution in [1.29, 1.82) is 0 Å². The highest BCUT2D eigenvalue weighted by Crippen LogP contribution is 2.29. The van der Waals surface area contributed by atoms with Gasteiger partial charge in [-0.1, -0.05) is 29.8 Å². The Morgan fingerprint density at radius 1 is 1.07 bits per heavy atom. The SMILES string of the molecule is Cc1cccc(C(=O)NCC(=O)N2CC[NH+](Cc3cccc(C(F)(F)F)c3)CC2)c1. The second-order valence-corrected chi connectivity index (χ2v) is 7.56. The number of piperazine rings is 1. The number of amides is 2. The molecule has 2 amide bonds. The van der Waals surface area contributed by atoms with Crippen LogP contribution in [0.3, 0.4) is 0 Å². The molecule has 0 radical (unpaired) electrons. The van der Waals surface area contributed by atoms with Gasteiger partial charge in [0.05, 0.1) is 38.3 Å². The first-order chi connectivity index (χ1) is 14.2. The summed E-state index contributed by atoms with van der Waals surface area (Å²) in [5, 5.41) is 2.65. The van der Waals surface area contributed by atoms with Gasteiger partial charge in [-0.05, 0) is 31.2 Å². The van der Waals surface area contributed by atoms with Crippen molar-refractivity contribution in [3.05, 3.63) is 70.8 Å². The van der Waals surface area contributed by atoms with E-state index in [1.807, 2.05) is 13.0 Å². The second kappa shape index (κ2) is 9.30. The average Bonchev–Trinajstić information content (AvgIpc) is 2.72. The number of hydrogen-bond donors (Lipinski definition) is 2. The average molecular weight is 420 g/mol. The lowest BCUT2D eigenvalue weighted by atomic mass is 10.1. The maximum Gasteiger partial charge on any atom is 0.416 e. The monoisotopic (exact) mass is 420 g/mol. The summed E-state index contributed by atoms with van der Waals surface area (Å²) >= 11 is 0. The van der Waals surface area contributed by atoms with Gasteiger partial charge in [-0.3, -0.25) is 9.59 Å². The Morgan fingerprint density at radius 2 is 1.77 bits per heavy atom. The molecule has 1 heterocycles. The van der Waals surface area contributed by atoms with Gasteiger partial charge >= 0.3 is 6.18 Å². The predicted octanol–water partition coefficient (Wildman–Crippen LogP) is 1.67. The summed E-state index contributed by atoms with van der Waals surface area (Å²) in [6.45, 7) is 4.61. The van der Waals surface area contributed by atoms with Crippen molar-refractivity contribution in [3.8, 4) is 0 Å². The van der Waals surface area contributed by atoms with E-state index >= 15 is 0 Å². The molecule has 0 aromatic heterocycles. The minimum Gasteiger partial charge on any atom is -0.343 e. The Labute approximate surface area is 173 Å². The normalized spacial score (nSPS) is 15.1. The fourth-order valence-electron chi connectivity index (χ4n) is 3.55. The van der Waals surface area contributed by atoms with Crippen molar-refractivity contribution in [2.75, 3.05) is 32.7 Å². The van der Waals surface area contributed by atoms with Gasteiger partial charge in [0.1, 0.15) is 6.54 Å². The van der Waals surface area contributed by atoms with Gasteiger partial charge in [0, 0.05) is 11.1 Å². The highest BCUT2D eigenvalue weighted by Gasteiger charge is 2.31. The van der Waals surface area contributed by atoms with Crippen LogP contribution in [0.5, 0.6) is 0 Å². The first-order valence-corrected chi connectivity index (χ1v) is 9.85. The lowest BCUT2D eigenvalue weighted by Crippen LogP contribution is -3.13. The van der Waals surface area contributed by atoms with Gasteiger partial charge in [-0.15, -0.1) is 0 Å². The molecule has 0 saturated carbocycles. The van der Waals surface area contributed by atoms with Crippen LogP contribution in [0.2, 0.25) is 0 Å². The van der Waals surface area contributed by atoms with Crippen molar-refractivity contribution in [3.63, 3.8) is 0 Å². The van der Waals surface area contributed by atoms with E-state index in [1.54, 1.807) is 29.2 Å². The van der Waals surface area contributed by atoms with Crippen molar-refractivity contribution in [2.24, 2.45) is 0 Å². The van der Waals surface area contributed by atoms with Gasteiger partial charge in [-0.25, -0.2) is 0 Å². The van der Waals surface area contributed by atoms with Crippen LogP contribution in [0.4, 0.5) is 13.2 Å². The number of quaternary nitrogens is 1. The lowest BCUT2D eigenvalue weighted by molar-refractivity contribution is -0.917. The third-order valence-corrected chi connectivity index (χ3v) is 5.21. The van der Waals surface area contributed by atoms with E-state index in [9.17, 15) is 22.8 Å². The molecule has 5 nitrogen and oxygen atoms in total. The Hall–Kier alpha value is -2.87. The molecule has 3 rings (SSSR count). The number of aryl methyl sites for hydroxylation is 1. The summed E-state index contributed by atoms with van der Waals surface area (Å²) in [6.07, 6.45) is -4.35. The molecule has 2 aromatic carbocycles. The molecule has 30 heavy (non-hydrogen) atoms. The zero-order valence-corrected chi connectivity index (χ0v) is 16.8. The number of nitrogens with zero attached hydrogens (tertiary/aromatic N) is 1. The molecule has 1 aliphatic rings. The zero-order valence-electron chi connectivity index (χ0n) is 16.8. The van der Waals surface area contributed by atoms with Crippen molar-refractivity contribution in [1.82, 2.24) is 10.2 Å². The molecule has 0 atom stereocenters. The number of alkyl halides is 3. The van der Waals surface area contributed by atoms with Crippen LogP contribution < -0.4 is 10.2 Å². The molecule has 0 bridgehead atoms. The Morgan fingerprint density at radius 3 is 2.43 bits per heavy atom. The van der Waals surface area contributed by atoms with E-state index in [1.165, 1.54) is 12.1 Å². The van der Waals surface area contributed by atoms with Crippen LogP contribution in [0.15, 0.2) is 48.5 Å². The fraction of sp³-hybridized carbons (Fsp3) is 0.364. The minimum atomic E-state index is -4.35. The molecule has 0 aliphatic carbocycles. The van der Waals surface area contributed by atoms with Gasteiger partial charge in [-0.2, -0.15) is 13.2 Å². The smallest absolute Gasteiger partial charge is 0.343 e. The number of carbonyl (C=O) groups excluding carboxylic acids is 2. The first-order valence-electron chi connectivity index (χ1n) is 9.85. The van der Waals surface area contributed by atoms with Crippen LogP contribution in [0.1, 0.15) is 27.0 Å². The molecule has 2 N–H and O–H groups in total. The maximum absolute atomic E-state index is 12.9. The molecule has 2 aromatic rings. The summed E-state index contributed by atoms with van der Waals surface area (Å²) in [4.78, 5) is 27.4. The van der Waals surface area contributed by atoms with E-state index in [-0.39, 0.29) is 18.4 Å². The van der Waals surface area contributed by atoms with Crippen molar-refractivity contribution in [2.45, 2.75) is 19.6 Å². The molecule has 1 saturated heterocycles. The highest BCUT2D eigenvalue weighted by atomic mass is 19.4. The highest BCUT2D eigenvalue weighted by molar-refractivity contribution is 5.96. The first kappa shape index (κ1) is 21.8. The topological polar surface area (TPSA) is 53.9 Å². The third kappa shape index (κ3) is 5.82. The van der Waals surface area contributed by atoms with Crippen LogP contribution in [-0.4, -0.2) is 49.4 Å². The fourth-order valence-corrected chi connectivity index (χ4v) is 3.55. The molecule has 8 heteroatoms. The predicted molar refractivity (Wildman–Crippen MR) is 106 cm³/mol. The summed E-state index contributed by atoms with van der Waals surface area (Å²) in [5.41, 5.74) is 1.47. The minimum absolute atomic E-state index is 0.0737. The molecular formula is C22H25F3N3O2+. The number of carbonyl (C=O) groups is 2. The zero-order chi connectivity index (χ0) is 21.7. The number of halogens is 3. The quantitative estimate of drug-likeness (QED) is 0.773. The molecular weight excluding hydrogens is 395 g/mol. The Kier molecular flexibility index (Phi) is 6.77. The van der Waals surface area contributed by atoms with Crippen LogP contribution in [0.25, 0.3) is 0 Å². The van der Waals surface area contributed by atoms with E-state index in [0.717, 1.165) is 16.5 Å². The van der Waals surface area contributed by atoms with Gasteiger partial charge < -0.3 is 15.1 Å². The summed E-state index contributed by atoms with van der Waals surface area (Å²) in [6, 6.07) is 12.5. The van der Waals surface area contributed by atoms with Crippen molar-refractivity contribution >= 4 is 11.8 Å². The number of benzene rings is 2. The third-order valence-electron chi connectivity index (χ3n) is 5.21. The van der Waals surface area contributed by atoms with Gasteiger partial charge in [0.15, 0.2) is 0 Å². The Balaban J connectivity index is 1.46. The summed E-state index contributed by atoms with van der Waals surface area (Å²) in [5.74, 6) is -0.449. The summed E-state index contributed by atoms with van der Waals surface area (Å²) < 4.78 is 38.6. The van der Waals surface area contributed by atoms with Gasteiger partial charge in [0.2, 0.25) is 5.91 Å². The number of rotatable bonds is 5. The number of nitrogens with one attached hydrogen (secondary N) is 2. The lowest BCUT2D eigenvalue weighted by Gasteiger charge is -2.32. The van der Waals surface area contributed by atoms with Crippen LogP contribution in [-0.2, 0) is 17.5 Å². The van der Waals surface area contributed by atoms with E-state index in [0.29, 0.717) is 43.9 Å². The standard InChI is InChI=1S/C22H24F3N3O2/c1-16-4-2-6-18(12-16)21(30)26-14-20(29)28-10-8-27(9-11-28)15-17-5-3-7-19(13-17)22(23,24)25/h2-7,12-13H,8-11,14-15H2,1H3,(H,26,30)/p+1. The van der Waals surface area contributed by atoms with Crippen LogP contribution in [0, 0.1) is 6.92 Å². The van der Waals surface area contributed by atoms with E-state index in [2.05, 4.69) is 5.32 Å². The van der Waals surface area contributed by atoms with E-state index < -0.39 is 11.7 Å². The molecule has 0 unspecified atom stereocenters. The molecule has 1 aliphatic heterocycles. The maximum atomic E-state index is 12.9. The summed E-state index contributed by atoms with van der Waals surface area (Å²) in [7, 11) is 0. The van der Waals surface area contributed by atoms with Crippen molar-refractivity contribution < 1.29 is 27.7 Å². The Bertz CT molecular complexity index is 906. The largest absolute Gasteiger partial charge is 0.416 e. The van der Waals surface area contributed by atoms with Gasteiger partial charge in [0.25, 0.3) is 5.91 Å². The second-order valence-electron chi connectivity index (χ2n) is 7.56. The van der Waals surface area contributed by atoms with E-state index in [4.69, 9.17) is 0 Å². The van der Waals surface area contributed by atoms with Crippen LogP contribution >= 0.6 is 0 Å². The molecule has 0 spiro atoms. The molecule has 160 valence electrons. The number of hydrogen-bond acceptors (Lipinski definition) is 2. The molecule has 1 fully saturated rings.